The molecule has 1 saturated heterocycles. The van der Waals surface area contributed by atoms with Crippen LogP contribution in [0, 0.1) is 0 Å². The van der Waals surface area contributed by atoms with Crippen LogP contribution in [0.25, 0.3) is 0 Å². The third-order valence-electron chi connectivity index (χ3n) is 5.17. The van der Waals surface area contributed by atoms with Crippen LogP contribution in [-0.4, -0.2) is 55.9 Å². The second kappa shape index (κ2) is 6.95. The summed E-state index contributed by atoms with van der Waals surface area (Å²) in [5.41, 5.74) is -0.0639. The number of benzene rings is 1. The van der Waals surface area contributed by atoms with E-state index < -0.39 is 21.6 Å². The highest BCUT2D eigenvalue weighted by molar-refractivity contribution is 7.92. The van der Waals surface area contributed by atoms with Crippen LogP contribution >= 0.6 is 0 Å². The molecule has 9 heteroatoms. The van der Waals surface area contributed by atoms with Gasteiger partial charge in [-0.3, -0.25) is 18.8 Å². The minimum absolute atomic E-state index is 0.274. The van der Waals surface area contributed by atoms with E-state index in [1.807, 2.05) is 0 Å². The molecule has 1 N–H and O–H groups in total. The molecule has 1 aromatic carbocycles. The van der Waals surface area contributed by atoms with Gasteiger partial charge < -0.3 is 5.32 Å². The lowest BCUT2D eigenvalue weighted by Crippen LogP contribution is -2.44. The summed E-state index contributed by atoms with van der Waals surface area (Å²) in [5.74, 6) is -0.702. The maximum absolute atomic E-state index is 12.6. The standard InChI is InChI=1S/C18H23N3O5S/c1-3-21(27(2,25)26)14-8-6-13(7-9-14)15(22)12-20-16(23)18(19-17(20)24)10-4-5-11-18/h6-9H,3-5,10-12H2,1-2H3,(H,19,24). The van der Waals surface area contributed by atoms with Gasteiger partial charge in [-0.15, -0.1) is 0 Å². The molecule has 1 aliphatic heterocycles. The first-order chi connectivity index (χ1) is 12.7. The number of sulfonamides is 1. The van der Waals surface area contributed by atoms with Crippen molar-refractivity contribution in [3.63, 3.8) is 0 Å². The summed E-state index contributed by atoms with van der Waals surface area (Å²) in [6.07, 6.45) is 4.09. The van der Waals surface area contributed by atoms with E-state index in [-0.39, 0.29) is 24.8 Å². The average molecular weight is 393 g/mol. The Balaban J connectivity index is 1.73. The van der Waals surface area contributed by atoms with Gasteiger partial charge in [-0.25, -0.2) is 13.2 Å². The summed E-state index contributed by atoms with van der Waals surface area (Å²) in [6.45, 7) is 1.67. The normalized spacial score (nSPS) is 18.8. The highest BCUT2D eigenvalue weighted by Gasteiger charge is 2.52. The van der Waals surface area contributed by atoms with Crippen molar-refractivity contribution in [2.75, 3.05) is 23.7 Å². The van der Waals surface area contributed by atoms with Gasteiger partial charge in [0.15, 0.2) is 5.78 Å². The largest absolute Gasteiger partial charge is 0.325 e. The van der Waals surface area contributed by atoms with Crippen LogP contribution in [0.3, 0.4) is 0 Å². The van der Waals surface area contributed by atoms with Gasteiger partial charge >= 0.3 is 6.03 Å². The van der Waals surface area contributed by atoms with E-state index in [1.165, 1.54) is 16.4 Å². The molecule has 2 aliphatic rings. The second-order valence-corrected chi connectivity index (χ2v) is 8.92. The number of Topliss-reactive ketones (excluding diaryl/α,β-unsaturated/α-hetero) is 1. The van der Waals surface area contributed by atoms with E-state index in [0.717, 1.165) is 24.0 Å². The maximum Gasteiger partial charge on any atom is 0.325 e. The molecule has 27 heavy (non-hydrogen) atoms. The Morgan fingerprint density at radius 3 is 2.30 bits per heavy atom. The SMILES string of the molecule is CCN(c1ccc(C(=O)CN2C(=O)NC3(CCCC3)C2=O)cc1)S(C)(=O)=O. The minimum Gasteiger partial charge on any atom is -0.323 e. The molecule has 1 aromatic rings. The molecule has 8 nitrogen and oxygen atoms in total. The zero-order chi connectivity index (χ0) is 19.8. The van der Waals surface area contributed by atoms with E-state index in [9.17, 15) is 22.8 Å². The van der Waals surface area contributed by atoms with Gasteiger partial charge in [0.1, 0.15) is 5.54 Å². The number of rotatable bonds is 6. The van der Waals surface area contributed by atoms with Gasteiger partial charge in [-0.2, -0.15) is 0 Å². The Morgan fingerprint density at radius 2 is 1.78 bits per heavy atom. The van der Waals surface area contributed by atoms with Crippen molar-refractivity contribution in [1.82, 2.24) is 10.2 Å². The van der Waals surface area contributed by atoms with E-state index in [4.69, 9.17) is 0 Å². The molecule has 0 unspecified atom stereocenters. The molecule has 1 spiro atoms. The molecule has 3 rings (SSSR count). The van der Waals surface area contributed by atoms with Crippen LogP contribution in [0.4, 0.5) is 10.5 Å². The number of amides is 3. The Hall–Kier alpha value is -2.42. The van der Waals surface area contributed by atoms with Crippen molar-refractivity contribution in [2.24, 2.45) is 0 Å². The fourth-order valence-corrected chi connectivity index (χ4v) is 4.77. The minimum atomic E-state index is -3.40. The quantitative estimate of drug-likeness (QED) is 0.583. The fourth-order valence-electron chi connectivity index (χ4n) is 3.79. The molecule has 1 saturated carbocycles. The van der Waals surface area contributed by atoms with Crippen molar-refractivity contribution in [3.8, 4) is 0 Å². The highest BCUT2D eigenvalue weighted by atomic mass is 32.2. The topological polar surface area (TPSA) is 104 Å². The molecule has 0 bridgehead atoms. The Kier molecular flexibility index (Phi) is 4.98. The number of urea groups is 1. The predicted molar refractivity (Wildman–Crippen MR) is 100 cm³/mol. The number of carbonyl (C=O) groups excluding carboxylic acids is 3. The van der Waals surface area contributed by atoms with Gasteiger partial charge in [0.2, 0.25) is 10.0 Å². The number of hydrogen-bond donors (Lipinski definition) is 1. The van der Waals surface area contributed by atoms with Gasteiger partial charge in [0, 0.05) is 12.1 Å². The third kappa shape index (κ3) is 3.55. The summed E-state index contributed by atoms with van der Waals surface area (Å²) in [6, 6.07) is 5.58. The molecule has 0 aromatic heterocycles. The molecule has 146 valence electrons. The molecular weight excluding hydrogens is 370 g/mol. The Morgan fingerprint density at radius 1 is 1.19 bits per heavy atom. The van der Waals surface area contributed by atoms with Gasteiger partial charge in [0.05, 0.1) is 18.5 Å². The molecule has 0 atom stereocenters. The van der Waals surface area contributed by atoms with Crippen LogP contribution in [0.5, 0.6) is 0 Å². The number of hydrogen-bond acceptors (Lipinski definition) is 5. The summed E-state index contributed by atoms with van der Waals surface area (Å²) in [4.78, 5) is 38.3. The first-order valence-electron chi connectivity index (χ1n) is 8.93. The Labute approximate surface area is 158 Å². The molecule has 1 aliphatic carbocycles. The summed E-state index contributed by atoms with van der Waals surface area (Å²) < 4.78 is 24.8. The summed E-state index contributed by atoms with van der Waals surface area (Å²) >= 11 is 0. The lowest BCUT2D eigenvalue weighted by molar-refractivity contribution is -0.130. The lowest BCUT2D eigenvalue weighted by Gasteiger charge is -2.21. The molecule has 1 heterocycles. The van der Waals surface area contributed by atoms with E-state index in [2.05, 4.69) is 5.32 Å². The van der Waals surface area contributed by atoms with Crippen LogP contribution in [-0.2, 0) is 14.8 Å². The molecular formula is C18H23N3O5S. The first kappa shape index (κ1) is 19.3. The van der Waals surface area contributed by atoms with Crippen molar-refractivity contribution in [3.05, 3.63) is 29.8 Å². The lowest BCUT2D eigenvalue weighted by atomic mass is 9.98. The number of anilines is 1. The maximum atomic E-state index is 12.6. The van der Waals surface area contributed by atoms with E-state index in [0.29, 0.717) is 24.1 Å². The average Bonchev–Trinajstić information content (AvgIpc) is 3.16. The summed E-state index contributed by atoms with van der Waals surface area (Å²) in [5, 5.41) is 2.75. The molecule has 3 amide bonds. The number of nitrogens with one attached hydrogen (secondary N) is 1. The number of ketones is 1. The number of carbonyl (C=O) groups is 3. The molecule has 0 radical (unpaired) electrons. The van der Waals surface area contributed by atoms with E-state index in [1.54, 1.807) is 19.1 Å². The van der Waals surface area contributed by atoms with Crippen LogP contribution in [0.2, 0.25) is 0 Å². The number of imide groups is 1. The zero-order valence-electron chi connectivity index (χ0n) is 15.4. The predicted octanol–water partition coefficient (Wildman–Crippen LogP) is 1.52. The second-order valence-electron chi connectivity index (χ2n) is 7.01. The molecule has 2 fully saturated rings. The van der Waals surface area contributed by atoms with Gasteiger partial charge in [-0.05, 0) is 44.0 Å². The highest BCUT2D eigenvalue weighted by Crippen LogP contribution is 2.35. The van der Waals surface area contributed by atoms with Crippen LogP contribution in [0.15, 0.2) is 24.3 Å². The fraction of sp³-hybridized carbons (Fsp3) is 0.500. The first-order valence-corrected chi connectivity index (χ1v) is 10.8. The van der Waals surface area contributed by atoms with Crippen molar-refractivity contribution in [2.45, 2.75) is 38.1 Å². The Bertz CT molecular complexity index is 873. The number of nitrogens with zero attached hydrogens (tertiary/aromatic N) is 2. The van der Waals surface area contributed by atoms with Crippen LogP contribution in [0.1, 0.15) is 43.0 Å². The third-order valence-corrected chi connectivity index (χ3v) is 6.44. The van der Waals surface area contributed by atoms with Crippen molar-refractivity contribution < 1.29 is 22.8 Å². The van der Waals surface area contributed by atoms with Gasteiger partial charge in [0.25, 0.3) is 5.91 Å². The van der Waals surface area contributed by atoms with Gasteiger partial charge in [-0.1, -0.05) is 12.8 Å². The van der Waals surface area contributed by atoms with E-state index >= 15 is 0 Å². The van der Waals surface area contributed by atoms with Crippen molar-refractivity contribution >= 4 is 33.4 Å². The zero-order valence-corrected chi connectivity index (χ0v) is 16.2. The summed E-state index contributed by atoms with van der Waals surface area (Å²) in [7, 11) is -3.40. The monoisotopic (exact) mass is 393 g/mol. The smallest absolute Gasteiger partial charge is 0.323 e. The van der Waals surface area contributed by atoms with Crippen LogP contribution < -0.4 is 9.62 Å². The van der Waals surface area contributed by atoms with Crippen molar-refractivity contribution in [1.29, 1.82) is 0 Å².